The summed E-state index contributed by atoms with van der Waals surface area (Å²) in [7, 11) is 2.17. The molecule has 102 valence electrons. The summed E-state index contributed by atoms with van der Waals surface area (Å²) in [5.74, 6) is 0. The molecule has 1 saturated heterocycles. The first-order chi connectivity index (χ1) is 8.94. The van der Waals surface area contributed by atoms with Crippen molar-refractivity contribution in [1.82, 2.24) is 4.90 Å². The predicted octanol–water partition coefficient (Wildman–Crippen LogP) is 1.87. The quantitative estimate of drug-likeness (QED) is 0.823. The maximum absolute atomic E-state index is 8.84. The van der Waals surface area contributed by atoms with Crippen LogP contribution in [0.5, 0.6) is 0 Å². The second-order valence-corrected chi connectivity index (χ2v) is 5.87. The highest BCUT2D eigenvalue weighted by atomic mass is 15.3. The zero-order valence-corrected chi connectivity index (χ0v) is 12.0. The first-order valence-corrected chi connectivity index (χ1v) is 6.65. The molecule has 0 amide bonds. The van der Waals surface area contributed by atoms with Crippen LogP contribution in [0.4, 0.5) is 11.4 Å². The van der Waals surface area contributed by atoms with E-state index < -0.39 is 0 Å². The normalized spacial score (nSPS) is 19.2. The van der Waals surface area contributed by atoms with Gasteiger partial charge in [-0.3, -0.25) is 4.90 Å². The van der Waals surface area contributed by atoms with Crippen LogP contribution in [0, 0.1) is 11.3 Å². The molecule has 0 spiro atoms. The topological polar surface area (TPSA) is 56.3 Å². The van der Waals surface area contributed by atoms with Crippen LogP contribution in [0.2, 0.25) is 0 Å². The van der Waals surface area contributed by atoms with Gasteiger partial charge in [-0.15, -0.1) is 0 Å². The van der Waals surface area contributed by atoms with Crippen LogP contribution in [0.1, 0.15) is 19.4 Å². The van der Waals surface area contributed by atoms with E-state index in [-0.39, 0.29) is 5.54 Å². The molecule has 19 heavy (non-hydrogen) atoms. The summed E-state index contributed by atoms with van der Waals surface area (Å²) in [4.78, 5) is 4.76. The Bertz CT molecular complexity index is 501. The van der Waals surface area contributed by atoms with Crippen LogP contribution in [0.25, 0.3) is 0 Å². The van der Waals surface area contributed by atoms with Crippen LogP contribution >= 0.6 is 0 Å². The maximum atomic E-state index is 8.84. The van der Waals surface area contributed by atoms with Gasteiger partial charge in [-0.25, -0.2) is 0 Å². The zero-order valence-electron chi connectivity index (χ0n) is 12.0. The number of nitrogen functional groups attached to an aromatic ring is 1. The Labute approximate surface area is 115 Å². The molecule has 1 aliphatic rings. The Morgan fingerprint density at radius 3 is 2.74 bits per heavy atom. The van der Waals surface area contributed by atoms with Crippen LogP contribution in [-0.4, -0.2) is 37.1 Å². The lowest BCUT2D eigenvalue weighted by atomic mass is 9.98. The van der Waals surface area contributed by atoms with E-state index in [9.17, 15) is 0 Å². The lowest BCUT2D eigenvalue weighted by Crippen LogP contribution is -2.57. The van der Waals surface area contributed by atoms with Crippen molar-refractivity contribution in [3.8, 4) is 6.07 Å². The van der Waals surface area contributed by atoms with Crippen molar-refractivity contribution in [2.24, 2.45) is 0 Å². The van der Waals surface area contributed by atoms with Crippen LogP contribution < -0.4 is 10.6 Å². The molecule has 1 aromatic rings. The average molecular weight is 258 g/mol. The number of anilines is 2. The summed E-state index contributed by atoms with van der Waals surface area (Å²) in [6, 6.07) is 8.19. The van der Waals surface area contributed by atoms with E-state index >= 15 is 0 Å². The van der Waals surface area contributed by atoms with Gasteiger partial charge in [-0.05, 0) is 44.7 Å². The monoisotopic (exact) mass is 258 g/mol. The molecule has 2 N–H and O–H groups in total. The van der Waals surface area contributed by atoms with Gasteiger partial charge in [-0.2, -0.15) is 5.26 Å². The van der Waals surface area contributed by atoms with E-state index in [0.29, 0.717) is 12.1 Å². The third-order valence-electron chi connectivity index (χ3n) is 4.08. The molecule has 0 aromatic heterocycles. The van der Waals surface area contributed by atoms with E-state index in [2.05, 4.69) is 48.9 Å². The number of hydrogen-bond acceptors (Lipinski definition) is 4. The van der Waals surface area contributed by atoms with Gasteiger partial charge < -0.3 is 10.6 Å². The van der Waals surface area contributed by atoms with Crippen LogP contribution in [0.3, 0.4) is 0 Å². The lowest BCUT2D eigenvalue weighted by Gasteiger charge is -2.46. The van der Waals surface area contributed by atoms with Crippen molar-refractivity contribution >= 4 is 11.4 Å². The Hall–Kier alpha value is -1.73. The highest BCUT2D eigenvalue weighted by Gasteiger charge is 2.31. The predicted molar refractivity (Wildman–Crippen MR) is 79.1 cm³/mol. The second-order valence-electron chi connectivity index (χ2n) is 5.87. The highest BCUT2D eigenvalue weighted by molar-refractivity contribution is 5.59. The van der Waals surface area contributed by atoms with E-state index in [1.54, 1.807) is 0 Å². The summed E-state index contributed by atoms with van der Waals surface area (Å²) >= 11 is 0. The molecule has 4 nitrogen and oxygen atoms in total. The molecule has 1 fully saturated rings. The minimum absolute atomic E-state index is 0.162. The number of nitriles is 1. The average Bonchev–Trinajstić information content (AvgIpc) is 2.36. The van der Waals surface area contributed by atoms with E-state index in [1.165, 1.54) is 5.69 Å². The minimum Gasteiger partial charge on any atom is -0.398 e. The van der Waals surface area contributed by atoms with Gasteiger partial charge in [0.05, 0.1) is 12.5 Å². The molecule has 0 aliphatic carbocycles. The molecule has 1 heterocycles. The number of hydrogen-bond donors (Lipinski definition) is 1. The van der Waals surface area contributed by atoms with Crippen LogP contribution in [-0.2, 0) is 6.42 Å². The fraction of sp³-hybridized carbons (Fsp3) is 0.533. The minimum atomic E-state index is 0.162. The summed E-state index contributed by atoms with van der Waals surface area (Å²) in [6.07, 6.45) is 0.372. The molecule has 0 bridgehead atoms. The molecule has 1 aromatic carbocycles. The third-order valence-corrected chi connectivity index (χ3v) is 4.08. The van der Waals surface area contributed by atoms with Crippen molar-refractivity contribution in [2.45, 2.75) is 25.8 Å². The Morgan fingerprint density at radius 1 is 1.37 bits per heavy atom. The van der Waals surface area contributed by atoms with Gasteiger partial charge in [0.25, 0.3) is 0 Å². The summed E-state index contributed by atoms with van der Waals surface area (Å²) in [6.45, 7) is 7.56. The molecule has 0 unspecified atom stereocenters. The van der Waals surface area contributed by atoms with Crippen molar-refractivity contribution in [1.29, 1.82) is 5.26 Å². The fourth-order valence-electron chi connectivity index (χ4n) is 2.49. The first-order valence-electron chi connectivity index (χ1n) is 6.65. The lowest BCUT2D eigenvalue weighted by molar-refractivity contribution is 0.139. The Kier molecular flexibility index (Phi) is 3.68. The summed E-state index contributed by atoms with van der Waals surface area (Å²) in [5.41, 5.74) is 8.87. The van der Waals surface area contributed by atoms with Gasteiger partial charge in [0.2, 0.25) is 0 Å². The van der Waals surface area contributed by atoms with Gasteiger partial charge in [0, 0.05) is 36.5 Å². The number of rotatable bonds is 2. The summed E-state index contributed by atoms with van der Waals surface area (Å²) < 4.78 is 0. The molecule has 0 atom stereocenters. The third kappa shape index (κ3) is 2.82. The van der Waals surface area contributed by atoms with Gasteiger partial charge in [0.15, 0.2) is 0 Å². The SMILES string of the molecule is CN1CCN(c2ccc(N)c(CC#N)c2)CC1(C)C. The maximum Gasteiger partial charge on any atom is 0.0670 e. The molecule has 0 saturated carbocycles. The van der Waals surface area contributed by atoms with Crippen LogP contribution in [0.15, 0.2) is 18.2 Å². The van der Waals surface area contributed by atoms with Crippen molar-refractivity contribution in [3.63, 3.8) is 0 Å². The zero-order chi connectivity index (χ0) is 14.0. The molecule has 2 rings (SSSR count). The molecule has 4 heteroatoms. The standard InChI is InChI=1S/C15H22N4/c1-15(2)11-19(9-8-18(15)3)13-4-5-14(17)12(10-13)6-7-16/h4-5,10H,6,8-9,11,17H2,1-3H3. The number of benzene rings is 1. The number of likely N-dealkylation sites (N-methyl/N-ethyl adjacent to an activating group) is 1. The largest absolute Gasteiger partial charge is 0.398 e. The molecular weight excluding hydrogens is 236 g/mol. The number of nitrogens with two attached hydrogens (primary N) is 1. The molecule has 1 aliphatic heterocycles. The fourth-order valence-corrected chi connectivity index (χ4v) is 2.49. The molecule has 0 radical (unpaired) electrons. The molecular formula is C15H22N4. The Morgan fingerprint density at radius 2 is 2.11 bits per heavy atom. The van der Waals surface area contributed by atoms with Crippen molar-refractivity contribution < 1.29 is 0 Å². The number of nitrogens with zero attached hydrogens (tertiary/aromatic N) is 3. The van der Waals surface area contributed by atoms with Gasteiger partial charge in [0.1, 0.15) is 0 Å². The second kappa shape index (κ2) is 5.10. The highest BCUT2D eigenvalue weighted by Crippen LogP contribution is 2.27. The number of piperazine rings is 1. The van der Waals surface area contributed by atoms with Crippen molar-refractivity contribution in [3.05, 3.63) is 23.8 Å². The van der Waals surface area contributed by atoms with E-state index in [0.717, 1.165) is 25.2 Å². The van der Waals surface area contributed by atoms with Gasteiger partial charge >= 0.3 is 0 Å². The smallest absolute Gasteiger partial charge is 0.0670 e. The van der Waals surface area contributed by atoms with Gasteiger partial charge in [-0.1, -0.05) is 0 Å². The first kappa shape index (κ1) is 13.7. The van der Waals surface area contributed by atoms with E-state index in [4.69, 9.17) is 11.0 Å². The van der Waals surface area contributed by atoms with E-state index in [1.807, 2.05) is 6.07 Å². The summed E-state index contributed by atoms with van der Waals surface area (Å²) in [5, 5.41) is 8.84. The Balaban J connectivity index is 2.23. The van der Waals surface area contributed by atoms with Crippen molar-refractivity contribution in [2.75, 3.05) is 37.3 Å².